The van der Waals surface area contributed by atoms with Gasteiger partial charge in [0.25, 0.3) is 0 Å². The van der Waals surface area contributed by atoms with Crippen molar-refractivity contribution in [3.63, 3.8) is 0 Å². The molecule has 0 aliphatic carbocycles. The van der Waals surface area contributed by atoms with Gasteiger partial charge in [-0.3, -0.25) is 4.98 Å². The Morgan fingerprint density at radius 1 is 0.875 bits per heavy atom. The molecule has 1 saturated heterocycles. The van der Waals surface area contributed by atoms with Gasteiger partial charge in [-0.15, -0.1) is 0 Å². The van der Waals surface area contributed by atoms with Gasteiger partial charge in [0.05, 0.1) is 23.1 Å². The first-order valence-electron chi connectivity index (χ1n) is 11.0. The topological polar surface area (TPSA) is 58.4 Å². The monoisotopic (exact) mass is 420 g/mol. The average Bonchev–Trinajstić information content (AvgIpc) is 3.26. The number of aryl methyl sites for hydroxylation is 1. The molecule has 6 nitrogen and oxygen atoms in total. The second-order valence-electron chi connectivity index (χ2n) is 8.22. The molecule has 0 bridgehead atoms. The van der Waals surface area contributed by atoms with Crippen molar-refractivity contribution in [2.24, 2.45) is 0 Å². The summed E-state index contributed by atoms with van der Waals surface area (Å²) in [6.45, 7) is 6.24. The molecule has 0 radical (unpaired) electrons. The highest BCUT2D eigenvalue weighted by molar-refractivity contribution is 5.94. The van der Waals surface area contributed by atoms with Gasteiger partial charge in [-0.25, -0.2) is 9.50 Å². The van der Waals surface area contributed by atoms with Crippen molar-refractivity contribution >= 4 is 22.2 Å². The SMILES string of the molecule is Cc1nn2c(-c3cccc4ncccc34)cnc2cc1-c1ccc(N2CCNCC2)cc1. The molecule has 6 heteroatoms. The van der Waals surface area contributed by atoms with Gasteiger partial charge in [-0.1, -0.05) is 30.3 Å². The van der Waals surface area contributed by atoms with E-state index in [2.05, 4.69) is 69.6 Å². The van der Waals surface area contributed by atoms with E-state index in [9.17, 15) is 0 Å². The number of hydrogen-bond acceptors (Lipinski definition) is 5. The molecule has 4 heterocycles. The summed E-state index contributed by atoms with van der Waals surface area (Å²) in [7, 11) is 0. The van der Waals surface area contributed by atoms with Crippen molar-refractivity contribution in [2.45, 2.75) is 6.92 Å². The van der Waals surface area contributed by atoms with Gasteiger partial charge >= 0.3 is 0 Å². The Balaban J connectivity index is 1.40. The third-order valence-corrected chi connectivity index (χ3v) is 6.26. The van der Waals surface area contributed by atoms with Crippen LogP contribution in [0, 0.1) is 6.92 Å². The lowest BCUT2D eigenvalue weighted by Gasteiger charge is -2.29. The average molecular weight is 421 g/mol. The first-order valence-corrected chi connectivity index (χ1v) is 11.0. The Kier molecular flexibility index (Phi) is 4.58. The van der Waals surface area contributed by atoms with E-state index in [1.165, 1.54) is 5.69 Å². The van der Waals surface area contributed by atoms with Gasteiger partial charge in [-0.05, 0) is 42.8 Å². The number of piperazine rings is 1. The van der Waals surface area contributed by atoms with Crippen LogP contribution in [0.4, 0.5) is 5.69 Å². The van der Waals surface area contributed by atoms with Gasteiger partial charge in [0.15, 0.2) is 5.65 Å². The van der Waals surface area contributed by atoms with Gasteiger partial charge in [0, 0.05) is 54.6 Å². The van der Waals surface area contributed by atoms with Crippen molar-refractivity contribution in [2.75, 3.05) is 31.1 Å². The fraction of sp³-hybridized carbons (Fsp3) is 0.192. The minimum absolute atomic E-state index is 0.840. The van der Waals surface area contributed by atoms with E-state index in [1.54, 1.807) is 0 Å². The smallest absolute Gasteiger partial charge is 0.154 e. The van der Waals surface area contributed by atoms with Crippen LogP contribution >= 0.6 is 0 Å². The molecule has 0 amide bonds. The molecular formula is C26H24N6. The minimum atomic E-state index is 0.840. The molecule has 6 rings (SSSR count). The molecular weight excluding hydrogens is 396 g/mol. The van der Waals surface area contributed by atoms with E-state index >= 15 is 0 Å². The molecule has 2 aromatic carbocycles. The lowest BCUT2D eigenvalue weighted by Crippen LogP contribution is -2.43. The zero-order valence-corrected chi connectivity index (χ0v) is 18.0. The van der Waals surface area contributed by atoms with E-state index < -0.39 is 0 Å². The van der Waals surface area contributed by atoms with Gasteiger partial charge in [0.1, 0.15) is 0 Å². The maximum atomic E-state index is 4.92. The molecule has 1 N–H and O–H groups in total. The molecule has 158 valence electrons. The summed E-state index contributed by atoms with van der Waals surface area (Å²) in [5, 5.41) is 9.43. The summed E-state index contributed by atoms with van der Waals surface area (Å²) in [6, 6.07) is 21.2. The van der Waals surface area contributed by atoms with E-state index in [0.717, 1.165) is 70.8 Å². The van der Waals surface area contributed by atoms with Crippen LogP contribution in [0.15, 0.2) is 73.1 Å². The second kappa shape index (κ2) is 7.73. The number of aromatic nitrogens is 4. The highest BCUT2D eigenvalue weighted by Gasteiger charge is 2.15. The normalized spacial score (nSPS) is 14.3. The number of fused-ring (bicyclic) bond motifs is 2. The summed E-state index contributed by atoms with van der Waals surface area (Å²) in [5.41, 5.74) is 8.40. The van der Waals surface area contributed by atoms with Gasteiger partial charge in [-0.2, -0.15) is 5.10 Å². The fourth-order valence-electron chi connectivity index (χ4n) is 4.58. The Bertz CT molecular complexity index is 1410. The standard InChI is InChI=1S/C26H24N6/c1-18-23(19-7-9-20(10-8-19)31-14-12-27-13-15-31)16-26-29-17-25(32(26)30-18)22-4-2-6-24-21(22)5-3-11-28-24/h2-11,16-17,27H,12-15H2,1H3. The van der Waals surface area contributed by atoms with E-state index in [1.807, 2.05) is 35.1 Å². The Hall–Kier alpha value is -3.77. The Morgan fingerprint density at radius 2 is 1.72 bits per heavy atom. The predicted molar refractivity (Wildman–Crippen MR) is 129 cm³/mol. The van der Waals surface area contributed by atoms with Crippen LogP contribution in [-0.2, 0) is 0 Å². The number of nitrogens with zero attached hydrogens (tertiary/aromatic N) is 5. The Labute approximate surface area is 186 Å². The van der Waals surface area contributed by atoms with Gasteiger partial charge < -0.3 is 10.2 Å². The first kappa shape index (κ1) is 19.0. The molecule has 3 aromatic heterocycles. The lowest BCUT2D eigenvalue weighted by atomic mass is 10.0. The van der Waals surface area contributed by atoms with E-state index in [0.29, 0.717) is 0 Å². The van der Waals surface area contributed by atoms with Crippen LogP contribution in [0.5, 0.6) is 0 Å². The number of nitrogens with one attached hydrogen (secondary N) is 1. The van der Waals surface area contributed by atoms with Crippen LogP contribution in [0.25, 0.3) is 38.9 Å². The number of benzene rings is 2. The van der Waals surface area contributed by atoms with Crippen LogP contribution in [0.1, 0.15) is 5.69 Å². The summed E-state index contributed by atoms with van der Waals surface area (Å²) < 4.78 is 1.94. The van der Waals surface area contributed by atoms with Crippen LogP contribution < -0.4 is 10.2 Å². The maximum absolute atomic E-state index is 4.92. The largest absolute Gasteiger partial charge is 0.369 e. The number of hydrogen-bond donors (Lipinski definition) is 1. The van der Waals surface area contributed by atoms with Crippen LogP contribution in [0.3, 0.4) is 0 Å². The minimum Gasteiger partial charge on any atom is -0.369 e. The third kappa shape index (κ3) is 3.20. The fourth-order valence-corrected chi connectivity index (χ4v) is 4.58. The molecule has 32 heavy (non-hydrogen) atoms. The van der Waals surface area contributed by atoms with Crippen LogP contribution in [0.2, 0.25) is 0 Å². The maximum Gasteiger partial charge on any atom is 0.154 e. The molecule has 0 unspecified atom stereocenters. The lowest BCUT2D eigenvalue weighted by molar-refractivity contribution is 0.589. The number of rotatable bonds is 3. The number of pyridine rings is 1. The molecule has 0 spiro atoms. The predicted octanol–water partition coefficient (Wildman–Crippen LogP) is 4.33. The van der Waals surface area contributed by atoms with E-state index in [-0.39, 0.29) is 0 Å². The number of imidazole rings is 1. The molecule has 1 aliphatic rings. The van der Waals surface area contributed by atoms with Gasteiger partial charge in [0.2, 0.25) is 0 Å². The zero-order chi connectivity index (χ0) is 21.5. The third-order valence-electron chi connectivity index (χ3n) is 6.26. The van der Waals surface area contributed by atoms with Crippen molar-refractivity contribution < 1.29 is 0 Å². The zero-order valence-electron chi connectivity index (χ0n) is 18.0. The highest BCUT2D eigenvalue weighted by Crippen LogP contribution is 2.31. The summed E-state index contributed by atoms with van der Waals surface area (Å²) in [4.78, 5) is 11.6. The number of anilines is 1. The highest BCUT2D eigenvalue weighted by atomic mass is 15.3. The molecule has 0 atom stereocenters. The van der Waals surface area contributed by atoms with E-state index in [4.69, 9.17) is 5.10 Å². The first-order chi connectivity index (χ1) is 15.8. The second-order valence-corrected chi connectivity index (χ2v) is 8.22. The Morgan fingerprint density at radius 3 is 2.56 bits per heavy atom. The van der Waals surface area contributed by atoms with Crippen LogP contribution in [-0.4, -0.2) is 45.8 Å². The summed E-state index contributed by atoms with van der Waals surface area (Å²) in [5.74, 6) is 0. The summed E-state index contributed by atoms with van der Waals surface area (Å²) in [6.07, 6.45) is 3.73. The van der Waals surface area contributed by atoms with Crippen molar-refractivity contribution in [1.29, 1.82) is 0 Å². The molecule has 0 saturated carbocycles. The molecule has 5 aromatic rings. The molecule has 1 fully saturated rings. The van der Waals surface area contributed by atoms with Crippen molar-refractivity contribution in [3.8, 4) is 22.4 Å². The quantitative estimate of drug-likeness (QED) is 0.471. The molecule has 1 aliphatic heterocycles. The summed E-state index contributed by atoms with van der Waals surface area (Å²) >= 11 is 0. The van der Waals surface area contributed by atoms with Crippen molar-refractivity contribution in [3.05, 3.63) is 78.8 Å². The van der Waals surface area contributed by atoms with Crippen molar-refractivity contribution in [1.82, 2.24) is 24.9 Å².